The van der Waals surface area contributed by atoms with E-state index in [9.17, 15) is 9.59 Å². The fourth-order valence-corrected chi connectivity index (χ4v) is 3.28. The summed E-state index contributed by atoms with van der Waals surface area (Å²) in [4.78, 5) is 24.9. The summed E-state index contributed by atoms with van der Waals surface area (Å²) in [6.07, 6.45) is 2.12. The van der Waals surface area contributed by atoms with Gasteiger partial charge in [-0.15, -0.1) is 0 Å². The van der Waals surface area contributed by atoms with Crippen LogP contribution in [0.3, 0.4) is 0 Å². The second kappa shape index (κ2) is 7.29. The maximum atomic E-state index is 12.5. The van der Waals surface area contributed by atoms with Gasteiger partial charge in [-0.05, 0) is 17.7 Å². The summed E-state index contributed by atoms with van der Waals surface area (Å²) in [7, 11) is 0. The van der Waals surface area contributed by atoms with Crippen LogP contribution < -0.4 is 10.9 Å². The molecule has 1 aromatic carbocycles. The van der Waals surface area contributed by atoms with Crippen LogP contribution in [0.5, 0.6) is 0 Å². The van der Waals surface area contributed by atoms with E-state index >= 15 is 0 Å². The fourth-order valence-electron chi connectivity index (χ4n) is 3.08. The van der Waals surface area contributed by atoms with Crippen LogP contribution in [0.4, 0.5) is 0 Å². The lowest BCUT2D eigenvalue weighted by Crippen LogP contribution is -2.38. The average molecular weight is 338 g/mol. The number of ether oxygens (including phenoxy) is 1. The first-order chi connectivity index (χ1) is 11.2. The van der Waals surface area contributed by atoms with Gasteiger partial charge in [0.1, 0.15) is 6.10 Å². The molecule has 0 aliphatic carbocycles. The molecule has 0 spiro atoms. The molecule has 6 nitrogen and oxygen atoms in total. The number of piperidine rings is 1. The number of carbonyl (C=O) groups is 2. The molecule has 23 heavy (non-hydrogen) atoms. The molecule has 0 bridgehead atoms. The van der Waals surface area contributed by atoms with Crippen LogP contribution in [-0.4, -0.2) is 43.0 Å². The lowest BCUT2D eigenvalue weighted by molar-refractivity contribution is -0.156. The summed E-state index contributed by atoms with van der Waals surface area (Å²) < 4.78 is 5.66. The van der Waals surface area contributed by atoms with E-state index in [0.717, 1.165) is 12.0 Å². The summed E-state index contributed by atoms with van der Waals surface area (Å²) in [6, 6.07) is 7.32. The molecule has 1 amide bonds. The number of carbonyl (C=O) groups excluding carboxylic acids is 2. The van der Waals surface area contributed by atoms with Crippen molar-refractivity contribution < 1.29 is 14.3 Å². The molecule has 0 saturated carbocycles. The van der Waals surface area contributed by atoms with Gasteiger partial charge in [0.2, 0.25) is 6.41 Å². The average Bonchev–Trinajstić information content (AvgIpc) is 3.05. The summed E-state index contributed by atoms with van der Waals surface area (Å²) in [5.41, 5.74) is 7.11. The summed E-state index contributed by atoms with van der Waals surface area (Å²) in [6.45, 7) is 1.80. The zero-order valence-corrected chi connectivity index (χ0v) is 13.5. The summed E-state index contributed by atoms with van der Waals surface area (Å²) in [5, 5.41) is 0.643. The van der Waals surface area contributed by atoms with Crippen molar-refractivity contribution in [2.24, 2.45) is 5.92 Å². The van der Waals surface area contributed by atoms with E-state index in [-0.39, 0.29) is 24.0 Å². The Bertz CT molecular complexity index is 575. The smallest absolute Gasteiger partial charge is 0.312 e. The van der Waals surface area contributed by atoms with Gasteiger partial charge in [-0.1, -0.05) is 23.7 Å². The maximum absolute atomic E-state index is 12.5. The standard InChI is InChI=1S/C16H20ClN3O3/c17-12-3-1-2-11(8-12)15-14(9-18-19-15)16(22)23-13-4-6-20(10-21)7-5-13/h1-3,8,10,13-15,18-19H,4-7,9H2. The number of hydrogen-bond donors (Lipinski definition) is 2. The Morgan fingerprint density at radius 1 is 1.35 bits per heavy atom. The Hall–Kier alpha value is -1.63. The molecule has 2 aliphatic rings. The number of nitrogens with one attached hydrogen (secondary N) is 2. The Balaban J connectivity index is 1.61. The predicted molar refractivity (Wildman–Crippen MR) is 85.6 cm³/mol. The van der Waals surface area contributed by atoms with E-state index < -0.39 is 0 Å². The Morgan fingerprint density at radius 2 is 2.13 bits per heavy atom. The minimum atomic E-state index is -0.294. The molecule has 2 aliphatic heterocycles. The highest BCUT2D eigenvalue weighted by Gasteiger charge is 2.36. The third-order valence-corrected chi connectivity index (χ3v) is 4.64. The minimum absolute atomic E-state index is 0.112. The molecule has 3 rings (SSSR count). The molecule has 124 valence electrons. The van der Waals surface area contributed by atoms with Crippen LogP contribution in [-0.2, 0) is 14.3 Å². The normalized spacial score (nSPS) is 25.3. The van der Waals surface area contributed by atoms with E-state index in [1.807, 2.05) is 24.3 Å². The number of hydrazine groups is 1. The maximum Gasteiger partial charge on any atom is 0.312 e. The molecule has 2 unspecified atom stereocenters. The topological polar surface area (TPSA) is 70.7 Å². The first-order valence-corrected chi connectivity index (χ1v) is 8.19. The quantitative estimate of drug-likeness (QED) is 0.639. The third kappa shape index (κ3) is 3.83. The molecular weight excluding hydrogens is 318 g/mol. The number of nitrogens with zero attached hydrogens (tertiary/aromatic N) is 1. The monoisotopic (exact) mass is 337 g/mol. The van der Waals surface area contributed by atoms with Gasteiger partial charge in [0.05, 0.1) is 12.0 Å². The zero-order chi connectivity index (χ0) is 16.2. The van der Waals surface area contributed by atoms with Gasteiger partial charge in [0, 0.05) is 37.5 Å². The van der Waals surface area contributed by atoms with Gasteiger partial charge in [-0.25, -0.2) is 5.43 Å². The van der Waals surface area contributed by atoms with Gasteiger partial charge in [-0.3, -0.25) is 15.0 Å². The lowest BCUT2D eigenvalue weighted by atomic mass is 9.95. The van der Waals surface area contributed by atoms with Gasteiger partial charge in [-0.2, -0.15) is 0 Å². The number of likely N-dealkylation sites (tertiary alicyclic amines) is 1. The summed E-state index contributed by atoms with van der Waals surface area (Å²) >= 11 is 6.04. The Morgan fingerprint density at radius 3 is 2.83 bits per heavy atom. The van der Waals surface area contributed by atoms with Crippen molar-refractivity contribution in [3.63, 3.8) is 0 Å². The number of benzene rings is 1. The van der Waals surface area contributed by atoms with Gasteiger partial charge >= 0.3 is 5.97 Å². The number of esters is 1. The number of rotatable bonds is 4. The molecule has 2 atom stereocenters. The van der Waals surface area contributed by atoms with Crippen LogP contribution in [0, 0.1) is 5.92 Å². The highest BCUT2D eigenvalue weighted by Crippen LogP contribution is 2.28. The van der Waals surface area contributed by atoms with E-state index in [2.05, 4.69) is 10.9 Å². The molecular formula is C16H20ClN3O3. The van der Waals surface area contributed by atoms with Crippen molar-refractivity contribution in [2.75, 3.05) is 19.6 Å². The first-order valence-electron chi connectivity index (χ1n) is 7.81. The highest BCUT2D eigenvalue weighted by molar-refractivity contribution is 6.30. The largest absolute Gasteiger partial charge is 0.462 e. The van der Waals surface area contributed by atoms with Crippen molar-refractivity contribution in [3.8, 4) is 0 Å². The van der Waals surface area contributed by atoms with Crippen molar-refractivity contribution in [3.05, 3.63) is 34.9 Å². The van der Waals surface area contributed by atoms with Gasteiger partial charge in [0.25, 0.3) is 0 Å². The highest BCUT2D eigenvalue weighted by atomic mass is 35.5. The van der Waals surface area contributed by atoms with E-state index in [4.69, 9.17) is 16.3 Å². The van der Waals surface area contributed by atoms with Gasteiger partial charge < -0.3 is 9.64 Å². The van der Waals surface area contributed by atoms with Gasteiger partial charge in [0.15, 0.2) is 0 Å². The minimum Gasteiger partial charge on any atom is -0.462 e. The Labute approximate surface area is 140 Å². The molecule has 0 radical (unpaired) electrons. The fraction of sp³-hybridized carbons (Fsp3) is 0.500. The molecule has 2 fully saturated rings. The number of hydrogen-bond acceptors (Lipinski definition) is 5. The molecule has 2 saturated heterocycles. The second-order valence-corrected chi connectivity index (χ2v) is 6.38. The molecule has 1 aromatic rings. The van der Waals surface area contributed by atoms with E-state index in [1.54, 1.807) is 4.90 Å². The molecule has 0 aromatic heterocycles. The van der Waals surface area contributed by atoms with Crippen LogP contribution in [0.2, 0.25) is 5.02 Å². The molecule has 7 heteroatoms. The van der Waals surface area contributed by atoms with Crippen molar-refractivity contribution >= 4 is 24.0 Å². The zero-order valence-electron chi connectivity index (χ0n) is 12.7. The van der Waals surface area contributed by atoms with E-state index in [0.29, 0.717) is 37.5 Å². The van der Waals surface area contributed by atoms with Crippen molar-refractivity contribution in [1.82, 2.24) is 15.8 Å². The Kier molecular flexibility index (Phi) is 5.15. The van der Waals surface area contributed by atoms with Crippen molar-refractivity contribution in [1.29, 1.82) is 0 Å². The third-order valence-electron chi connectivity index (χ3n) is 4.40. The number of halogens is 1. The molecule has 2 heterocycles. The summed E-state index contributed by atoms with van der Waals surface area (Å²) in [5.74, 6) is -0.505. The second-order valence-electron chi connectivity index (χ2n) is 5.94. The van der Waals surface area contributed by atoms with Crippen LogP contribution in [0.1, 0.15) is 24.4 Å². The first kappa shape index (κ1) is 16.2. The lowest BCUT2D eigenvalue weighted by Gasteiger charge is -2.30. The van der Waals surface area contributed by atoms with E-state index in [1.165, 1.54) is 0 Å². The van der Waals surface area contributed by atoms with Crippen LogP contribution in [0.15, 0.2) is 24.3 Å². The molecule has 2 N–H and O–H groups in total. The van der Waals surface area contributed by atoms with Crippen LogP contribution in [0.25, 0.3) is 0 Å². The predicted octanol–water partition coefficient (Wildman–Crippen LogP) is 1.27. The van der Waals surface area contributed by atoms with Crippen LogP contribution >= 0.6 is 11.6 Å². The SMILES string of the molecule is O=CN1CCC(OC(=O)C2CNNC2c2cccc(Cl)c2)CC1. The van der Waals surface area contributed by atoms with Crippen molar-refractivity contribution in [2.45, 2.75) is 25.0 Å². The number of amides is 1.